The van der Waals surface area contributed by atoms with Crippen LogP contribution >= 0.6 is 0 Å². The number of imidazole rings is 1. The van der Waals surface area contributed by atoms with E-state index in [1.807, 2.05) is 19.4 Å². The molecule has 0 radical (unpaired) electrons. The highest BCUT2D eigenvalue weighted by molar-refractivity contribution is 4.97. The first-order valence-electron chi connectivity index (χ1n) is 4.56. The summed E-state index contributed by atoms with van der Waals surface area (Å²) in [6.45, 7) is 0. The van der Waals surface area contributed by atoms with E-state index in [4.69, 9.17) is 0 Å². The fourth-order valence-electron chi connectivity index (χ4n) is 1.52. The minimum Gasteiger partial charge on any atom is -0.347 e. The minimum absolute atomic E-state index is 0.424. The first-order chi connectivity index (χ1) is 5.90. The maximum atomic E-state index is 4.25. The largest absolute Gasteiger partial charge is 0.347 e. The van der Waals surface area contributed by atoms with E-state index in [0.29, 0.717) is 6.04 Å². The first-order valence-corrected chi connectivity index (χ1v) is 4.56. The standard InChI is InChI=1S/C9H15N3/c1-10-8(6-7-2-3-7)9-11-4-5-12-9/h4-5,7-8,10H,2-3,6H2,1H3,(H,11,12). The molecule has 0 spiro atoms. The lowest BCUT2D eigenvalue weighted by Gasteiger charge is -2.12. The molecule has 2 N–H and O–H groups in total. The van der Waals surface area contributed by atoms with Gasteiger partial charge >= 0.3 is 0 Å². The zero-order valence-electron chi connectivity index (χ0n) is 7.38. The molecular formula is C9H15N3. The summed E-state index contributed by atoms with van der Waals surface area (Å²) in [4.78, 5) is 7.40. The van der Waals surface area contributed by atoms with Gasteiger partial charge in [0, 0.05) is 12.4 Å². The van der Waals surface area contributed by atoms with Gasteiger partial charge in [-0.1, -0.05) is 12.8 Å². The molecule has 12 heavy (non-hydrogen) atoms. The van der Waals surface area contributed by atoms with Crippen LogP contribution in [0.2, 0.25) is 0 Å². The van der Waals surface area contributed by atoms with Gasteiger partial charge < -0.3 is 10.3 Å². The molecule has 1 saturated carbocycles. The van der Waals surface area contributed by atoms with E-state index in [0.717, 1.165) is 11.7 Å². The fraction of sp³-hybridized carbons (Fsp3) is 0.667. The SMILES string of the molecule is CNC(CC1CC1)c1ncc[nH]1. The van der Waals surface area contributed by atoms with Gasteiger partial charge in [-0.3, -0.25) is 0 Å². The normalized spacial score (nSPS) is 19.4. The molecule has 0 aromatic carbocycles. The van der Waals surface area contributed by atoms with Gasteiger partial charge in [-0.25, -0.2) is 4.98 Å². The molecule has 0 aliphatic heterocycles. The van der Waals surface area contributed by atoms with Crippen LogP contribution in [0, 0.1) is 5.92 Å². The van der Waals surface area contributed by atoms with Crippen LogP contribution in [0.3, 0.4) is 0 Å². The molecule has 1 unspecified atom stereocenters. The Morgan fingerprint density at radius 1 is 1.75 bits per heavy atom. The number of H-pyrrole nitrogens is 1. The summed E-state index contributed by atoms with van der Waals surface area (Å²) in [5.74, 6) is 2.01. The number of aromatic amines is 1. The van der Waals surface area contributed by atoms with Crippen LogP contribution in [0.1, 0.15) is 31.1 Å². The van der Waals surface area contributed by atoms with E-state index in [2.05, 4.69) is 15.3 Å². The smallest absolute Gasteiger partial charge is 0.123 e. The molecule has 2 rings (SSSR count). The summed E-state index contributed by atoms with van der Waals surface area (Å²) < 4.78 is 0. The van der Waals surface area contributed by atoms with Crippen LogP contribution in [0.15, 0.2) is 12.4 Å². The van der Waals surface area contributed by atoms with Gasteiger partial charge in [-0.05, 0) is 19.4 Å². The molecule has 0 bridgehead atoms. The Balaban J connectivity index is 1.97. The fourth-order valence-corrected chi connectivity index (χ4v) is 1.52. The first kappa shape index (κ1) is 7.80. The predicted molar refractivity (Wildman–Crippen MR) is 47.7 cm³/mol. The summed E-state index contributed by atoms with van der Waals surface area (Å²) in [6, 6.07) is 0.424. The summed E-state index contributed by atoms with van der Waals surface area (Å²) >= 11 is 0. The lowest BCUT2D eigenvalue weighted by atomic mass is 10.1. The van der Waals surface area contributed by atoms with Crippen LogP contribution in [0.25, 0.3) is 0 Å². The second-order valence-corrected chi connectivity index (χ2v) is 3.49. The Morgan fingerprint density at radius 2 is 2.58 bits per heavy atom. The van der Waals surface area contributed by atoms with Crippen LogP contribution in [0.4, 0.5) is 0 Å². The lowest BCUT2D eigenvalue weighted by Crippen LogP contribution is -2.18. The molecule has 0 saturated heterocycles. The van der Waals surface area contributed by atoms with Crippen LogP contribution < -0.4 is 5.32 Å². The average Bonchev–Trinajstić information content (AvgIpc) is 2.74. The third kappa shape index (κ3) is 1.67. The minimum atomic E-state index is 0.424. The molecule has 1 aromatic rings. The highest BCUT2D eigenvalue weighted by Crippen LogP contribution is 2.36. The Labute approximate surface area is 72.6 Å². The van der Waals surface area contributed by atoms with Crippen molar-refractivity contribution in [3.8, 4) is 0 Å². The third-order valence-electron chi connectivity index (χ3n) is 2.46. The average molecular weight is 165 g/mol. The Kier molecular flexibility index (Phi) is 2.13. The Bertz CT molecular complexity index is 226. The second-order valence-electron chi connectivity index (χ2n) is 3.49. The summed E-state index contributed by atoms with van der Waals surface area (Å²) in [5.41, 5.74) is 0. The van der Waals surface area contributed by atoms with Crippen molar-refractivity contribution < 1.29 is 0 Å². The molecule has 1 heterocycles. The van der Waals surface area contributed by atoms with Crippen molar-refractivity contribution >= 4 is 0 Å². The van der Waals surface area contributed by atoms with Gasteiger partial charge in [0.15, 0.2) is 0 Å². The molecule has 1 fully saturated rings. The quantitative estimate of drug-likeness (QED) is 0.709. The van der Waals surface area contributed by atoms with Crippen molar-refractivity contribution in [1.82, 2.24) is 15.3 Å². The highest BCUT2D eigenvalue weighted by Gasteiger charge is 2.26. The van der Waals surface area contributed by atoms with Crippen LogP contribution in [0.5, 0.6) is 0 Å². The predicted octanol–water partition coefficient (Wildman–Crippen LogP) is 1.47. The molecule has 3 heteroatoms. The summed E-state index contributed by atoms with van der Waals surface area (Å²) in [5, 5.41) is 3.28. The summed E-state index contributed by atoms with van der Waals surface area (Å²) in [7, 11) is 2.00. The van der Waals surface area contributed by atoms with Crippen molar-refractivity contribution in [2.45, 2.75) is 25.3 Å². The zero-order chi connectivity index (χ0) is 8.39. The van der Waals surface area contributed by atoms with E-state index in [-0.39, 0.29) is 0 Å². The second kappa shape index (κ2) is 3.27. The molecule has 0 amide bonds. The van der Waals surface area contributed by atoms with Crippen molar-refractivity contribution in [2.75, 3.05) is 7.05 Å². The third-order valence-corrected chi connectivity index (χ3v) is 2.46. The van der Waals surface area contributed by atoms with Crippen LogP contribution in [-0.2, 0) is 0 Å². The van der Waals surface area contributed by atoms with Crippen molar-refractivity contribution in [3.05, 3.63) is 18.2 Å². The van der Waals surface area contributed by atoms with Gasteiger partial charge in [0.25, 0.3) is 0 Å². The number of aromatic nitrogens is 2. The van der Waals surface area contributed by atoms with E-state index < -0.39 is 0 Å². The number of hydrogen-bond acceptors (Lipinski definition) is 2. The van der Waals surface area contributed by atoms with Crippen molar-refractivity contribution in [3.63, 3.8) is 0 Å². The molecule has 66 valence electrons. The molecule has 3 nitrogen and oxygen atoms in total. The lowest BCUT2D eigenvalue weighted by molar-refractivity contribution is 0.494. The molecule has 1 atom stereocenters. The van der Waals surface area contributed by atoms with E-state index in [1.54, 1.807) is 0 Å². The van der Waals surface area contributed by atoms with E-state index in [9.17, 15) is 0 Å². The van der Waals surface area contributed by atoms with E-state index >= 15 is 0 Å². The zero-order valence-corrected chi connectivity index (χ0v) is 7.38. The van der Waals surface area contributed by atoms with Gasteiger partial charge in [-0.15, -0.1) is 0 Å². The van der Waals surface area contributed by atoms with Gasteiger partial charge in [0.1, 0.15) is 5.82 Å². The maximum Gasteiger partial charge on any atom is 0.123 e. The maximum absolute atomic E-state index is 4.25. The molecule has 1 aliphatic carbocycles. The molecule has 1 aliphatic rings. The molecule has 1 aromatic heterocycles. The number of rotatable bonds is 4. The van der Waals surface area contributed by atoms with Gasteiger partial charge in [0.2, 0.25) is 0 Å². The molecular weight excluding hydrogens is 150 g/mol. The number of nitrogens with zero attached hydrogens (tertiary/aromatic N) is 1. The van der Waals surface area contributed by atoms with Crippen molar-refractivity contribution in [1.29, 1.82) is 0 Å². The Hall–Kier alpha value is -0.830. The van der Waals surface area contributed by atoms with Crippen molar-refractivity contribution in [2.24, 2.45) is 5.92 Å². The van der Waals surface area contributed by atoms with Crippen LogP contribution in [-0.4, -0.2) is 17.0 Å². The topological polar surface area (TPSA) is 40.7 Å². The number of hydrogen-bond donors (Lipinski definition) is 2. The van der Waals surface area contributed by atoms with E-state index in [1.165, 1.54) is 19.3 Å². The summed E-state index contributed by atoms with van der Waals surface area (Å²) in [6.07, 6.45) is 7.72. The Morgan fingerprint density at radius 3 is 3.08 bits per heavy atom. The van der Waals surface area contributed by atoms with Gasteiger partial charge in [0.05, 0.1) is 6.04 Å². The van der Waals surface area contributed by atoms with Gasteiger partial charge in [-0.2, -0.15) is 0 Å². The number of nitrogens with one attached hydrogen (secondary N) is 2. The highest BCUT2D eigenvalue weighted by atomic mass is 15.0. The monoisotopic (exact) mass is 165 g/mol.